The third-order valence-corrected chi connectivity index (χ3v) is 5.28. The molecule has 0 saturated carbocycles. The molecule has 0 N–H and O–H groups in total. The van der Waals surface area contributed by atoms with Gasteiger partial charge in [-0.05, 0) is 48.8 Å². The third-order valence-electron chi connectivity index (χ3n) is 2.83. The molecule has 0 aliphatic heterocycles. The molecule has 0 saturated heterocycles. The molecular formula is C15H33O3PS. The molecular weight excluding hydrogens is 291 g/mol. The lowest BCUT2D eigenvalue weighted by Gasteiger charge is -2.23. The van der Waals surface area contributed by atoms with Crippen molar-refractivity contribution >= 4 is 18.5 Å². The minimum Gasteiger partial charge on any atom is -0.309 e. The molecule has 20 heavy (non-hydrogen) atoms. The predicted octanol–water partition coefficient (Wildman–Crippen LogP) is 5.40. The van der Waals surface area contributed by atoms with Crippen molar-refractivity contribution in [3.05, 3.63) is 0 Å². The highest BCUT2D eigenvalue weighted by Crippen LogP contribution is 2.50. The second-order valence-corrected chi connectivity index (χ2v) is 9.51. The van der Waals surface area contributed by atoms with E-state index in [4.69, 9.17) is 25.4 Å². The molecule has 0 rings (SSSR count). The fourth-order valence-corrected chi connectivity index (χ4v) is 3.19. The first kappa shape index (κ1) is 20.5. The van der Waals surface area contributed by atoms with Gasteiger partial charge in [0.15, 0.2) is 0 Å². The minimum atomic E-state index is -2.55. The standard InChI is InChI=1S/C15H33O3PS/c1-13(2)7-10-16-19(20,17-11-8-14(3)4)18-12-9-15(5)6/h13-15H,7-12H2,1-6H3. The van der Waals surface area contributed by atoms with Crippen molar-refractivity contribution in [3.8, 4) is 0 Å². The molecule has 0 aliphatic rings. The Morgan fingerprint density at radius 3 is 1.10 bits per heavy atom. The quantitative estimate of drug-likeness (QED) is 0.449. The zero-order valence-corrected chi connectivity index (χ0v) is 15.8. The fraction of sp³-hybridized carbons (Fsp3) is 1.00. The van der Waals surface area contributed by atoms with E-state index >= 15 is 0 Å². The summed E-state index contributed by atoms with van der Waals surface area (Å²) in [5.74, 6) is 1.80. The van der Waals surface area contributed by atoms with E-state index in [0.717, 1.165) is 19.3 Å². The zero-order valence-electron chi connectivity index (χ0n) is 14.1. The lowest BCUT2D eigenvalue weighted by atomic mass is 10.2. The van der Waals surface area contributed by atoms with Crippen LogP contribution in [0, 0.1) is 17.8 Å². The second kappa shape index (κ2) is 11.1. The number of rotatable bonds is 12. The Bertz CT molecular complexity index is 237. The summed E-state index contributed by atoms with van der Waals surface area (Å²) in [7, 11) is 0. The maximum absolute atomic E-state index is 5.79. The van der Waals surface area contributed by atoms with Crippen molar-refractivity contribution in [2.45, 2.75) is 60.8 Å². The van der Waals surface area contributed by atoms with Gasteiger partial charge in [0, 0.05) is 0 Å². The summed E-state index contributed by atoms with van der Waals surface area (Å²) in [6.45, 7) is 12.4. The topological polar surface area (TPSA) is 27.7 Å². The van der Waals surface area contributed by atoms with Crippen LogP contribution in [0.15, 0.2) is 0 Å². The van der Waals surface area contributed by atoms with Crippen molar-refractivity contribution in [1.82, 2.24) is 0 Å². The molecule has 122 valence electrons. The van der Waals surface area contributed by atoms with Crippen LogP contribution in [0.25, 0.3) is 0 Å². The minimum absolute atomic E-state index is 0.602. The van der Waals surface area contributed by atoms with Gasteiger partial charge in [0.05, 0.1) is 19.8 Å². The van der Waals surface area contributed by atoms with Crippen LogP contribution in [-0.4, -0.2) is 19.8 Å². The smallest absolute Gasteiger partial charge is 0.309 e. The lowest BCUT2D eigenvalue weighted by Crippen LogP contribution is -2.07. The Hall–Kier alpha value is 0.530. The first-order valence-corrected chi connectivity index (χ1v) is 10.3. The molecule has 0 heterocycles. The van der Waals surface area contributed by atoms with E-state index in [1.807, 2.05) is 0 Å². The van der Waals surface area contributed by atoms with E-state index < -0.39 is 6.72 Å². The van der Waals surface area contributed by atoms with Crippen LogP contribution in [0.2, 0.25) is 0 Å². The van der Waals surface area contributed by atoms with Crippen molar-refractivity contribution in [2.24, 2.45) is 17.8 Å². The molecule has 0 unspecified atom stereocenters. The van der Waals surface area contributed by atoms with Gasteiger partial charge in [0.25, 0.3) is 0 Å². The molecule has 0 radical (unpaired) electrons. The zero-order chi connectivity index (χ0) is 15.6. The van der Waals surface area contributed by atoms with E-state index in [9.17, 15) is 0 Å². The van der Waals surface area contributed by atoms with Gasteiger partial charge in [-0.15, -0.1) is 0 Å². The van der Waals surface area contributed by atoms with E-state index in [-0.39, 0.29) is 0 Å². The highest BCUT2D eigenvalue weighted by atomic mass is 32.5. The molecule has 0 atom stereocenters. The van der Waals surface area contributed by atoms with Crippen LogP contribution in [0.4, 0.5) is 0 Å². The van der Waals surface area contributed by atoms with Gasteiger partial charge in [-0.25, -0.2) is 0 Å². The first-order chi connectivity index (χ1) is 9.25. The molecule has 0 aromatic rings. The van der Waals surface area contributed by atoms with Gasteiger partial charge in [-0.1, -0.05) is 41.5 Å². The summed E-state index contributed by atoms with van der Waals surface area (Å²) in [6.07, 6.45) is 2.96. The summed E-state index contributed by atoms with van der Waals surface area (Å²) in [6, 6.07) is 0. The van der Waals surface area contributed by atoms with E-state index in [1.165, 1.54) is 0 Å². The maximum atomic E-state index is 5.79. The third kappa shape index (κ3) is 12.3. The normalized spacial score (nSPS) is 12.8. The van der Waals surface area contributed by atoms with E-state index in [0.29, 0.717) is 37.6 Å². The Morgan fingerprint density at radius 1 is 0.650 bits per heavy atom. The van der Waals surface area contributed by atoms with E-state index in [1.54, 1.807) is 0 Å². The Kier molecular flexibility index (Phi) is 11.4. The predicted molar refractivity (Wildman–Crippen MR) is 90.5 cm³/mol. The average molecular weight is 324 g/mol. The number of hydrogen-bond acceptors (Lipinski definition) is 4. The van der Waals surface area contributed by atoms with Crippen molar-refractivity contribution in [2.75, 3.05) is 19.8 Å². The summed E-state index contributed by atoms with van der Waals surface area (Å²) >= 11 is 5.50. The fourth-order valence-electron chi connectivity index (χ4n) is 1.31. The highest BCUT2D eigenvalue weighted by Gasteiger charge is 2.21. The first-order valence-electron chi connectivity index (χ1n) is 7.79. The molecule has 0 aliphatic carbocycles. The SMILES string of the molecule is CC(C)CCOP(=S)(OCCC(C)C)OCCC(C)C. The molecule has 0 aromatic carbocycles. The van der Waals surface area contributed by atoms with E-state index in [2.05, 4.69) is 41.5 Å². The Morgan fingerprint density at radius 2 is 0.900 bits per heavy atom. The molecule has 5 heteroatoms. The summed E-state index contributed by atoms with van der Waals surface area (Å²) in [5.41, 5.74) is 0. The Labute approximate surface area is 131 Å². The molecule has 3 nitrogen and oxygen atoms in total. The van der Waals surface area contributed by atoms with Crippen LogP contribution < -0.4 is 0 Å². The maximum Gasteiger partial charge on any atom is 0.327 e. The van der Waals surface area contributed by atoms with Gasteiger partial charge in [0.1, 0.15) is 0 Å². The molecule has 0 spiro atoms. The average Bonchev–Trinajstić information content (AvgIpc) is 2.27. The van der Waals surface area contributed by atoms with Gasteiger partial charge < -0.3 is 13.6 Å². The van der Waals surface area contributed by atoms with Crippen LogP contribution in [-0.2, 0) is 25.4 Å². The van der Waals surface area contributed by atoms with Crippen LogP contribution in [0.5, 0.6) is 0 Å². The highest BCUT2D eigenvalue weighted by molar-refractivity contribution is 8.07. The van der Waals surface area contributed by atoms with Crippen molar-refractivity contribution < 1.29 is 13.6 Å². The van der Waals surface area contributed by atoms with Gasteiger partial charge in [-0.2, -0.15) is 0 Å². The number of hydrogen-bond donors (Lipinski definition) is 0. The van der Waals surface area contributed by atoms with Crippen molar-refractivity contribution in [1.29, 1.82) is 0 Å². The molecule has 0 bridgehead atoms. The van der Waals surface area contributed by atoms with Crippen molar-refractivity contribution in [3.63, 3.8) is 0 Å². The summed E-state index contributed by atoms with van der Waals surface area (Å²) in [4.78, 5) is 0. The molecule has 0 fully saturated rings. The van der Waals surface area contributed by atoms with Crippen LogP contribution in [0.1, 0.15) is 60.8 Å². The van der Waals surface area contributed by atoms with Gasteiger partial charge in [-0.3, -0.25) is 0 Å². The van der Waals surface area contributed by atoms with Gasteiger partial charge in [0.2, 0.25) is 0 Å². The monoisotopic (exact) mass is 324 g/mol. The van der Waals surface area contributed by atoms with Crippen LogP contribution >= 0.6 is 6.72 Å². The molecule has 0 aromatic heterocycles. The largest absolute Gasteiger partial charge is 0.327 e. The van der Waals surface area contributed by atoms with Crippen LogP contribution in [0.3, 0.4) is 0 Å². The lowest BCUT2D eigenvalue weighted by molar-refractivity contribution is 0.143. The molecule has 0 amide bonds. The second-order valence-electron chi connectivity index (χ2n) is 6.49. The summed E-state index contributed by atoms with van der Waals surface area (Å²) < 4.78 is 17.4. The summed E-state index contributed by atoms with van der Waals surface area (Å²) in [5, 5.41) is 0. The van der Waals surface area contributed by atoms with Gasteiger partial charge >= 0.3 is 6.72 Å². The Balaban J connectivity index is 4.23.